The number of benzene rings is 1. The standard InChI is InChI=1S/C16H23Br/c1-12-9-10-13(2)15(11-12)16(17)14-7-5-3-4-6-8-14/h9-11,14,16H,3-8H2,1-2H3. The third-order valence-corrected chi connectivity index (χ3v) is 5.29. The van der Waals surface area contributed by atoms with E-state index in [0.29, 0.717) is 4.83 Å². The van der Waals surface area contributed by atoms with Crippen LogP contribution in [-0.2, 0) is 0 Å². The topological polar surface area (TPSA) is 0 Å². The maximum absolute atomic E-state index is 3.97. The van der Waals surface area contributed by atoms with Crippen molar-refractivity contribution in [2.75, 3.05) is 0 Å². The predicted molar refractivity (Wildman–Crippen MR) is 78.8 cm³/mol. The lowest BCUT2D eigenvalue weighted by Gasteiger charge is -2.23. The van der Waals surface area contributed by atoms with Crippen LogP contribution in [0.4, 0.5) is 0 Å². The highest BCUT2D eigenvalue weighted by Gasteiger charge is 2.22. The van der Waals surface area contributed by atoms with Crippen LogP contribution >= 0.6 is 15.9 Å². The van der Waals surface area contributed by atoms with Crippen molar-refractivity contribution >= 4 is 15.9 Å². The van der Waals surface area contributed by atoms with Crippen molar-refractivity contribution in [3.05, 3.63) is 34.9 Å². The zero-order valence-corrected chi connectivity index (χ0v) is 12.6. The van der Waals surface area contributed by atoms with Gasteiger partial charge in [-0.2, -0.15) is 0 Å². The molecule has 1 aromatic rings. The lowest BCUT2D eigenvalue weighted by Crippen LogP contribution is -2.08. The van der Waals surface area contributed by atoms with Crippen molar-refractivity contribution in [3.8, 4) is 0 Å². The minimum absolute atomic E-state index is 0.556. The normalized spacial score (nSPS) is 19.9. The number of rotatable bonds is 2. The Labute approximate surface area is 114 Å². The van der Waals surface area contributed by atoms with Crippen LogP contribution in [0.15, 0.2) is 18.2 Å². The Bertz CT molecular complexity index is 362. The van der Waals surface area contributed by atoms with Gasteiger partial charge in [-0.25, -0.2) is 0 Å². The molecule has 1 unspecified atom stereocenters. The fraction of sp³-hybridized carbons (Fsp3) is 0.625. The molecule has 0 radical (unpaired) electrons. The summed E-state index contributed by atoms with van der Waals surface area (Å²) in [7, 11) is 0. The van der Waals surface area contributed by atoms with Gasteiger partial charge in [-0.1, -0.05) is 65.4 Å². The van der Waals surface area contributed by atoms with Crippen LogP contribution in [-0.4, -0.2) is 0 Å². The molecule has 0 bridgehead atoms. The molecule has 1 aromatic carbocycles. The molecule has 0 N–H and O–H groups in total. The van der Waals surface area contributed by atoms with Crippen LogP contribution in [0.2, 0.25) is 0 Å². The summed E-state index contributed by atoms with van der Waals surface area (Å²) in [4.78, 5) is 0.556. The second-order valence-electron chi connectivity index (χ2n) is 5.51. The fourth-order valence-corrected chi connectivity index (χ4v) is 3.94. The zero-order valence-electron chi connectivity index (χ0n) is 11.0. The maximum atomic E-state index is 3.97. The highest BCUT2D eigenvalue weighted by Crippen LogP contribution is 2.40. The van der Waals surface area contributed by atoms with Crippen molar-refractivity contribution in [3.63, 3.8) is 0 Å². The molecule has 0 aliphatic heterocycles. The molecule has 0 heterocycles. The largest absolute Gasteiger partial charge is 0.0836 e. The molecule has 0 nitrogen and oxygen atoms in total. The quantitative estimate of drug-likeness (QED) is 0.484. The molecule has 0 amide bonds. The Balaban J connectivity index is 2.16. The molecule has 1 aliphatic rings. The van der Waals surface area contributed by atoms with Crippen molar-refractivity contribution in [2.24, 2.45) is 5.92 Å². The van der Waals surface area contributed by atoms with Crippen molar-refractivity contribution in [2.45, 2.75) is 57.2 Å². The van der Waals surface area contributed by atoms with Gasteiger partial charge in [0.25, 0.3) is 0 Å². The summed E-state index contributed by atoms with van der Waals surface area (Å²) in [5.41, 5.74) is 4.32. The SMILES string of the molecule is Cc1ccc(C)c(C(Br)C2CCCCCC2)c1. The van der Waals surface area contributed by atoms with Gasteiger partial charge in [0.05, 0.1) is 0 Å². The summed E-state index contributed by atoms with van der Waals surface area (Å²) < 4.78 is 0. The van der Waals surface area contributed by atoms with Crippen molar-refractivity contribution in [1.29, 1.82) is 0 Å². The Kier molecular flexibility index (Phi) is 4.67. The molecule has 94 valence electrons. The monoisotopic (exact) mass is 294 g/mol. The van der Waals surface area contributed by atoms with E-state index >= 15 is 0 Å². The van der Waals surface area contributed by atoms with E-state index in [-0.39, 0.29) is 0 Å². The first-order valence-corrected chi connectivity index (χ1v) is 7.81. The zero-order chi connectivity index (χ0) is 12.3. The van der Waals surface area contributed by atoms with Gasteiger partial charge in [-0.15, -0.1) is 0 Å². The van der Waals surface area contributed by atoms with Crippen LogP contribution < -0.4 is 0 Å². The fourth-order valence-electron chi connectivity index (χ4n) is 2.91. The Morgan fingerprint density at radius 2 is 1.71 bits per heavy atom. The van der Waals surface area contributed by atoms with Gasteiger partial charge < -0.3 is 0 Å². The van der Waals surface area contributed by atoms with Crippen LogP contribution in [0.3, 0.4) is 0 Å². The van der Waals surface area contributed by atoms with Crippen LogP contribution in [0.1, 0.15) is 60.0 Å². The smallest absolute Gasteiger partial charge is 0.0426 e. The molecule has 0 aromatic heterocycles. The van der Waals surface area contributed by atoms with Gasteiger partial charge in [0.15, 0.2) is 0 Å². The maximum Gasteiger partial charge on any atom is 0.0426 e. The molecule has 17 heavy (non-hydrogen) atoms. The summed E-state index contributed by atoms with van der Waals surface area (Å²) in [6, 6.07) is 6.83. The van der Waals surface area contributed by atoms with E-state index in [1.807, 2.05) is 0 Å². The number of hydrogen-bond acceptors (Lipinski definition) is 0. The minimum Gasteiger partial charge on any atom is -0.0836 e. The third kappa shape index (κ3) is 3.34. The van der Waals surface area contributed by atoms with Gasteiger partial charge >= 0.3 is 0 Å². The second-order valence-corrected chi connectivity index (χ2v) is 6.50. The highest BCUT2D eigenvalue weighted by molar-refractivity contribution is 9.09. The third-order valence-electron chi connectivity index (χ3n) is 4.05. The lowest BCUT2D eigenvalue weighted by atomic mass is 9.90. The number of alkyl halides is 1. The first-order valence-electron chi connectivity index (χ1n) is 6.89. The predicted octanol–water partition coefficient (Wildman–Crippen LogP) is 5.71. The first kappa shape index (κ1) is 13.1. The van der Waals surface area contributed by atoms with Crippen molar-refractivity contribution in [1.82, 2.24) is 0 Å². The van der Waals surface area contributed by atoms with Gasteiger partial charge in [-0.3, -0.25) is 0 Å². The summed E-state index contributed by atoms with van der Waals surface area (Å²) in [5.74, 6) is 0.831. The summed E-state index contributed by atoms with van der Waals surface area (Å²) in [6.45, 7) is 4.43. The van der Waals surface area contributed by atoms with Crippen LogP contribution in [0.25, 0.3) is 0 Å². The van der Waals surface area contributed by atoms with E-state index < -0.39 is 0 Å². The molecular formula is C16H23Br. The number of halogens is 1. The van der Waals surface area contributed by atoms with E-state index in [0.717, 1.165) is 5.92 Å². The lowest BCUT2D eigenvalue weighted by molar-refractivity contribution is 0.454. The van der Waals surface area contributed by atoms with E-state index in [4.69, 9.17) is 0 Å². The Morgan fingerprint density at radius 3 is 2.35 bits per heavy atom. The molecule has 1 aliphatic carbocycles. The van der Waals surface area contributed by atoms with Crippen LogP contribution in [0.5, 0.6) is 0 Å². The van der Waals surface area contributed by atoms with Crippen LogP contribution in [0, 0.1) is 19.8 Å². The Hall–Kier alpha value is -0.300. The van der Waals surface area contributed by atoms with E-state index in [2.05, 4.69) is 48.0 Å². The van der Waals surface area contributed by atoms with E-state index in [1.54, 1.807) is 0 Å². The molecule has 1 atom stereocenters. The molecule has 0 spiro atoms. The average Bonchev–Trinajstić information content (AvgIpc) is 2.60. The number of aryl methyl sites for hydroxylation is 2. The molecule has 1 saturated carbocycles. The molecule has 1 heteroatoms. The second kappa shape index (κ2) is 6.04. The van der Waals surface area contributed by atoms with Gasteiger partial charge in [0, 0.05) is 4.83 Å². The minimum atomic E-state index is 0.556. The van der Waals surface area contributed by atoms with E-state index in [1.165, 1.54) is 55.2 Å². The van der Waals surface area contributed by atoms with Crippen molar-refractivity contribution < 1.29 is 0 Å². The van der Waals surface area contributed by atoms with Gasteiger partial charge in [0.1, 0.15) is 0 Å². The first-order chi connectivity index (χ1) is 8.18. The van der Waals surface area contributed by atoms with Gasteiger partial charge in [-0.05, 0) is 43.7 Å². The molecule has 0 saturated heterocycles. The number of hydrogen-bond donors (Lipinski definition) is 0. The molecule has 2 rings (SSSR count). The summed E-state index contributed by atoms with van der Waals surface area (Å²) >= 11 is 3.97. The van der Waals surface area contributed by atoms with E-state index in [9.17, 15) is 0 Å². The van der Waals surface area contributed by atoms with Gasteiger partial charge in [0.2, 0.25) is 0 Å². The summed E-state index contributed by atoms with van der Waals surface area (Å²) in [6.07, 6.45) is 8.48. The Morgan fingerprint density at radius 1 is 1.06 bits per heavy atom. The molecule has 1 fully saturated rings. The molecular weight excluding hydrogens is 272 g/mol. The highest BCUT2D eigenvalue weighted by atomic mass is 79.9. The summed E-state index contributed by atoms with van der Waals surface area (Å²) in [5, 5.41) is 0. The average molecular weight is 295 g/mol.